The molecule has 13 rings (SSSR count). The molecule has 0 spiro atoms. The van der Waals surface area contributed by atoms with E-state index in [9.17, 15) is 0 Å². The number of rotatable bonds is 7. The Kier molecular flexibility index (Phi) is 8.85. The Bertz CT molecular complexity index is 3650. The van der Waals surface area contributed by atoms with Gasteiger partial charge in [0.05, 0.1) is 11.1 Å². The van der Waals surface area contributed by atoms with Gasteiger partial charge in [0.2, 0.25) is 0 Å². The van der Waals surface area contributed by atoms with Crippen LogP contribution in [0.4, 0.5) is 17.1 Å². The van der Waals surface area contributed by atoms with Crippen molar-refractivity contribution in [1.29, 1.82) is 0 Å². The molecule has 0 radical (unpaired) electrons. The maximum Gasteiger partial charge on any atom is 0.0713 e. The number of hydrogen-bond donors (Lipinski definition) is 0. The first-order valence-electron chi connectivity index (χ1n) is 23.5. The van der Waals surface area contributed by atoms with Crippen molar-refractivity contribution >= 4 is 38.6 Å². The van der Waals surface area contributed by atoms with Gasteiger partial charge in [-0.3, -0.25) is 0 Å². The molecule has 0 saturated heterocycles. The Hall–Kier alpha value is -8.26. The van der Waals surface area contributed by atoms with Crippen molar-refractivity contribution in [3.63, 3.8) is 0 Å². The number of benzene rings is 11. The van der Waals surface area contributed by atoms with E-state index in [2.05, 4.69) is 267 Å². The molecule has 0 N–H and O–H groups in total. The molecule has 1 heteroatoms. The Balaban J connectivity index is 0.991. The van der Waals surface area contributed by atoms with Gasteiger partial charge in [0.25, 0.3) is 0 Å². The molecule has 316 valence electrons. The first kappa shape index (κ1) is 39.1. The molecule has 0 aliphatic heterocycles. The van der Waals surface area contributed by atoms with Gasteiger partial charge in [-0.2, -0.15) is 0 Å². The molecular formula is C66H47N. The molecule has 0 saturated carbocycles. The lowest BCUT2D eigenvalue weighted by atomic mass is 9.67. The summed E-state index contributed by atoms with van der Waals surface area (Å²) in [7, 11) is 0. The van der Waals surface area contributed by atoms with E-state index >= 15 is 0 Å². The summed E-state index contributed by atoms with van der Waals surface area (Å²) >= 11 is 0. The monoisotopic (exact) mass is 853 g/mol. The smallest absolute Gasteiger partial charge is 0.0713 e. The molecule has 2 aliphatic rings. The molecule has 2 aliphatic carbocycles. The van der Waals surface area contributed by atoms with Gasteiger partial charge in [0.15, 0.2) is 0 Å². The molecule has 0 atom stereocenters. The van der Waals surface area contributed by atoms with Crippen molar-refractivity contribution < 1.29 is 0 Å². The molecule has 0 bridgehead atoms. The van der Waals surface area contributed by atoms with E-state index < -0.39 is 5.41 Å². The van der Waals surface area contributed by atoms with E-state index in [0.29, 0.717) is 0 Å². The van der Waals surface area contributed by atoms with Crippen LogP contribution >= 0.6 is 0 Å². The van der Waals surface area contributed by atoms with Crippen LogP contribution < -0.4 is 4.90 Å². The van der Waals surface area contributed by atoms with Gasteiger partial charge in [0, 0.05) is 22.4 Å². The largest absolute Gasteiger partial charge is 0.310 e. The van der Waals surface area contributed by atoms with Crippen LogP contribution in [-0.2, 0) is 10.8 Å². The molecule has 0 unspecified atom stereocenters. The lowest BCUT2D eigenvalue weighted by molar-refractivity contribution is 0.666. The number of fused-ring (bicyclic) bond motifs is 9. The first-order valence-corrected chi connectivity index (χ1v) is 23.5. The third-order valence-corrected chi connectivity index (χ3v) is 14.9. The second-order valence-electron chi connectivity index (χ2n) is 18.8. The third kappa shape index (κ3) is 5.88. The van der Waals surface area contributed by atoms with Crippen molar-refractivity contribution in [3.05, 3.63) is 282 Å². The fourth-order valence-electron chi connectivity index (χ4n) is 11.9. The van der Waals surface area contributed by atoms with Crippen LogP contribution in [0.3, 0.4) is 0 Å². The van der Waals surface area contributed by atoms with Crippen LogP contribution in [0.15, 0.2) is 249 Å². The van der Waals surface area contributed by atoms with E-state index in [1.54, 1.807) is 0 Å². The summed E-state index contributed by atoms with van der Waals surface area (Å²) in [5.74, 6) is 0. The van der Waals surface area contributed by atoms with Crippen molar-refractivity contribution in [1.82, 2.24) is 0 Å². The van der Waals surface area contributed by atoms with Crippen molar-refractivity contribution in [2.24, 2.45) is 0 Å². The zero-order valence-electron chi connectivity index (χ0n) is 37.6. The van der Waals surface area contributed by atoms with Crippen LogP contribution in [0.1, 0.15) is 47.2 Å². The summed E-state index contributed by atoms with van der Waals surface area (Å²) in [5, 5.41) is 5.06. The Morgan fingerprint density at radius 1 is 0.328 bits per heavy atom. The van der Waals surface area contributed by atoms with Crippen molar-refractivity contribution in [2.45, 2.75) is 24.7 Å². The van der Waals surface area contributed by atoms with E-state index in [4.69, 9.17) is 0 Å². The summed E-state index contributed by atoms with van der Waals surface area (Å²) in [6.45, 7) is 4.79. The van der Waals surface area contributed by atoms with Gasteiger partial charge < -0.3 is 4.90 Å². The van der Waals surface area contributed by atoms with Crippen LogP contribution in [0.25, 0.3) is 66.1 Å². The maximum absolute atomic E-state index is 2.50. The highest BCUT2D eigenvalue weighted by atomic mass is 15.1. The van der Waals surface area contributed by atoms with Gasteiger partial charge in [-0.25, -0.2) is 0 Å². The SMILES string of the molecule is CC1(C)c2ccccc2-c2c(N(c3ccc(-c4ccc5c(c4)C(c4ccccc4)(c4ccccc4)c4ccccc4-5)cc3)c3ccc(-c4cccc5ccccc45)cc3)cc3ccccc3c21. The highest BCUT2D eigenvalue weighted by molar-refractivity contribution is 6.06. The van der Waals surface area contributed by atoms with Crippen molar-refractivity contribution in [2.75, 3.05) is 4.90 Å². The fourth-order valence-corrected chi connectivity index (χ4v) is 11.9. The molecule has 0 fully saturated rings. The normalized spacial score (nSPS) is 13.8. The molecule has 0 heterocycles. The van der Waals surface area contributed by atoms with E-state index in [1.807, 2.05) is 0 Å². The zero-order chi connectivity index (χ0) is 44.7. The number of anilines is 3. The van der Waals surface area contributed by atoms with E-state index in [1.165, 1.54) is 105 Å². The molecule has 11 aromatic carbocycles. The van der Waals surface area contributed by atoms with Gasteiger partial charge >= 0.3 is 0 Å². The molecule has 0 amide bonds. The third-order valence-electron chi connectivity index (χ3n) is 14.9. The van der Waals surface area contributed by atoms with E-state index in [-0.39, 0.29) is 5.41 Å². The number of hydrogen-bond acceptors (Lipinski definition) is 1. The Labute approximate surface area is 392 Å². The molecule has 11 aromatic rings. The molecule has 0 aromatic heterocycles. The summed E-state index contributed by atoms with van der Waals surface area (Å²) in [6.07, 6.45) is 0. The first-order chi connectivity index (χ1) is 33.0. The summed E-state index contributed by atoms with van der Waals surface area (Å²) in [5.41, 5.74) is 20.7. The Morgan fingerprint density at radius 2 is 0.836 bits per heavy atom. The minimum atomic E-state index is -0.458. The Morgan fingerprint density at radius 3 is 1.54 bits per heavy atom. The van der Waals surface area contributed by atoms with Gasteiger partial charge in [-0.1, -0.05) is 226 Å². The quantitative estimate of drug-likeness (QED) is 0.154. The maximum atomic E-state index is 2.50. The second kappa shape index (κ2) is 15.2. The van der Waals surface area contributed by atoms with E-state index in [0.717, 1.165) is 11.4 Å². The second-order valence-corrected chi connectivity index (χ2v) is 18.8. The summed E-state index contributed by atoms with van der Waals surface area (Å²) in [6, 6.07) is 92.5. The van der Waals surface area contributed by atoms with Crippen LogP contribution in [-0.4, -0.2) is 0 Å². The lowest BCUT2D eigenvalue weighted by Crippen LogP contribution is -2.28. The van der Waals surface area contributed by atoms with Crippen molar-refractivity contribution in [3.8, 4) is 44.5 Å². The predicted octanol–water partition coefficient (Wildman–Crippen LogP) is 17.5. The highest BCUT2D eigenvalue weighted by Gasteiger charge is 2.46. The topological polar surface area (TPSA) is 3.24 Å². The molecular weight excluding hydrogens is 807 g/mol. The number of nitrogens with zero attached hydrogens (tertiary/aromatic N) is 1. The zero-order valence-corrected chi connectivity index (χ0v) is 37.6. The minimum absolute atomic E-state index is 0.183. The van der Waals surface area contributed by atoms with Gasteiger partial charge in [-0.15, -0.1) is 0 Å². The van der Waals surface area contributed by atoms with Crippen LogP contribution in [0.2, 0.25) is 0 Å². The van der Waals surface area contributed by atoms with Gasteiger partial charge in [0.1, 0.15) is 0 Å². The predicted molar refractivity (Wildman–Crippen MR) is 282 cm³/mol. The average molecular weight is 854 g/mol. The fraction of sp³-hybridized carbons (Fsp3) is 0.0606. The highest BCUT2D eigenvalue weighted by Crippen LogP contribution is 2.58. The standard InChI is InChI=1S/C66H47N/c1-65(2)59-30-15-14-28-58(59)63-62(43-48-19-10-12-26-55(48)64(63)65)67(52-39-34-46(35-40-52)54-29-17-20-45-18-9-11-25-53(45)54)51-37-32-44(33-38-51)47-36-41-57-56-27-13-16-31-60(56)66(61(57)42-47,49-21-5-3-6-22-49)50-23-7-4-8-24-50/h3-43H,1-2H3. The molecule has 67 heavy (non-hydrogen) atoms. The lowest BCUT2D eigenvalue weighted by Gasteiger charge is -2.34. The average Bonchev–Trinajstić information content (AvgIpc) is 3.83. The minimum Gasteiger partial charge on any atom is -0.310 e. The molecule has 1 nitrogen and oxygen atoms in total. The summed E-state index contributed by atoms with van der Waals surface area (Å²) < 4.78 is 0. The summed E-state index contributed by atoms with van der Waals surface area (Å²) in [4.78, 5) is 2.50. The van der Waals surface area contributed by atoms with Crippen LogP contribution in [0.5, 0.6) is 0 Å². The van der Waals surface area contributed by atoms with Gasteiger partial charge in [-0.05, 0) is 130 Å². The van der Waals surface area contributed by atoms with Crippen LogP contribution in [0, 0.1) is 0 Å².